The number of likely N-dealkylation sites (N-methyl/N-ethyl adjacent to an activating group) is 1. The third-order valence-corrected chi connectivity index (χ3v) is 7.02. The highest BCUT2D eigenvalue weighted by Crippen LogP contribution is 2.51. The van der Waals surface area contributed by atoms with Crippen molar-refractivity contribution in [3.8, 4) is 0 Å². The van der Waals surface area contributed by atoms with Gasteiger partial charge in [-0.15, -0.1) is 0 Å². The number of benzene rings is 2. The number of ether oxygens (including phenoxy) is 1. The van der Waals surface area contributed by atoms with E-state index in [1.165, 1.54) is 4.90 Å². The molecule has 1 aromatic heterocycles. The molecule has 168 valence electrons. The van der Waals surface area contributed by atoms with Crippen LogP contribution in [-0.2, 0) is 15.1 Å². The lowest BCUT2D eigenvalue weighted by Gasteiger charge is -2.36. The summed E-state index contributed by atoms with van der Waals surface area (Å²) in [5.74, 6) is -0.793. The molecular formula is C25H23N3O5. The van der Waals surface area contributed by atoms with Crippen molar-refractivity contribution in [2.45, 2.75) is 5.54 Å². The zero-order valence-corrected chi connectivity index (χ0v) is 18.2. The van der Waals surface area contributed by atoms with Crippen LogP contribution in [0.25, 0.3) is 11.0 Å². The number of rotatable bonds is 3. The first-order valence-electron chi connectivity index (χ1n) is 11.1. The van der Waals surface area contributed by atoms with E-state index < -0.39 is 11.4 Å². The van der Waals surface area contributed by atoms with Crippen LogP contribution in [0.5, 0.6) is 0 Å². The molecule has 0 bridgehead atoms. The number of hydrogen-bond donors (Lipinski definition) is 0. The second-order valence-corrected chi connectivity index (χ2v) is 8.63. The van der Waals surface area contributed by atoms with Gasteiger partial charge in [-0.2, -0.15) is 0 Å². The Balaban J connectivity index is 1.59. The van der Waals surface area contributed by atoms with E-state index in [4.69, 9.17) is 9.15 Å². The summed E-state index contributed by atoms with van der Waals surface area (Å²) in [5.41, 5.74) is -0.0927. The minimum absolute atomic E-state index is 0.0425. The molecule has 3 aromatic rings. The predicted octanol–water partition coefficient (Wildman–Crippen LogP) is 1.80. The Kier molecular flexibility index (Phi) is 4.43. The summed E-state index contributed by atoms with van der Waals surface area (Å²) in [4.78, 5) is 46.8. The van der Waals surface area contributed by atoms with Crippen LogP contribution in [0.15, 0.2) is 57.7 Å². The summed E-state index contributed by atoms with van der Waals surface area (Å²) in [6.07, 6.45) is 0. The molecule has 2 amide bonds. The van der Waals surface area contributed by atoms with Gasteiger partial charge in [-0.3, -0.25) is 19.3 Å². The molecule has 6 rings (SSSR count). The van der Waals surface area contributed by atoms with E-state index in [0.29, 0.717) is 42.0 Å². The fourth-order valence-corrected chi connectivity index (χ4v) is 5.41. The molecule has 8 nitrogen and oxygen atoms in total. The molecule has 1 saturated heterocycles. The fraction of sp³-hybridized carbons (Fsp3) is 0.320. The summed E-state index contributed by atoms with van der Waals surface area (Å²) in [6, 6.07) is 14.2. The zero-order valence-electron chi connectivity index (χ0n) is 18.2. The van der Waals surface area contributed by atoms with Gasteiger partial charge in [-0.05, 0) is 18.2 Å². The largest absolute Gasteiger partial charge is 0.450 e. The van der Waals surface area contributed by atoms with Gasteiger partial charge in [0, 0.05) is 44.5 Å². The number of fused-ring (bicyclic) bond motifs is 5. The van der Waals surface area contributed by atoms with Crippen LogP contribution in [0.4, 0.5) is 5.69 Å². The monoisotopic (exact) mass is 445 g/mol. The van der Waals surface area contributed by atoms with Crippen LogP contribution in [0, 0.1) is 0 Å². The molecule has 8 heteroatoms. The van der Waals surface area contributed by atoms with E-state index in [1.807, 2.05) is 24.3 Å². The van der Waals surface area contributed by atoms with Crippen LogP contribution >= 0.6 is 0 Å². The maximum Gasteiger partial charge on any atom is 0.291 e. The molecule has 0 saturated carbocycles. The molecule has 4 heterocycles. The number of hydrogen-bond acceptors (Lipinski definition) is 6. The normalized spacial score (nSPS) is 22.5. The molecule has 3 aliphatic rings. The van der Waals surface area contributed by atoms with Gasteiger partial charge in [0.1, 0.15) is 5.58 Å². The van der Waals surface area contributed by atoms with Gasteiger partial charge in [0.2, 0.25) is 5.76 Å². The zero-order chi connectivity index (χ0) is 22.7. The van der Waals surface area contributed by atoms with Crippen molar-refractivity contribution in [3.05, 3.63) is 75.6 Å². The minimum atomic E-state index is -1.53. The Bertz CT molecular complexity index is 1360. The highest BCUT2D eigenvalue weighted by atomic mass is 16.5. The Morgan fingerprint density at radius 1 is 0.939 bits per heavy atom. The Labute approximate surface area is 189 Å². The molecule has 0 radical (unpaired) electrons. The van der Waals surface area contributed by atoms with Crippen LogP contribution in [0.2, 0.25) is 0 Å². The lowest BCUT2D eigenvalue weighted by Crippen LogP contribution is -2.55. The smallest absolute Gasteiger partial charge is 0.291 e. The van der Waals surface area contributed by atoms with E-state index >= 15 is 0 Å². The molecule has 1 fully saturated rings. The van der Waals surface area contributed by atoms with E-state index in [1.54, 1.807) is 36.2 Å². The van der Waals surface area contributed by atoms with Crippen molar-refractivity contribution >= 4 is 28.5 Å². The standard InChI is InChI=1S/C25H23N3O5/c1-26-18-8-4-3-7-17(18)25(24(26)31)20-21(29)16-6-2-5-9-19(16)33-22(20)23(30)28(25)11-10-27-12-14-32-15-13-27/h2-9H,10-15H2,1H3/t25-/m1/s1. The Morgan fingerprint density at radius 2 is 1.67 bits per heavy atom. The number of carbonyl (C=O) groups is 2. The second-order valence-electron chi connectivity index (χ2n) is 8.63. The highest BCUT2D eigenvalue weighted by molar-refractivity contribution is 6.16. The number of nitrogens with zero attached hydrogens (tertiary/aromatic N) is 3. The average molecular weight is 445 g/mol. The van der Waals surface area contributed by atoms with Gasteiger partial charge in [0.25, 0.3) is 11.8 Å². The molecular weight excluding hydrogens is 422 g/mol. The number of morpholine rings is 1. The van der Waals surface area contributed by atoms with Gasteiger partial charge >= 0.3 is 0 Å². The van der Waals surface area contributed by atoms with Crippen LogP contribution < -0.4 is 10.3 Å². The number of para-hydroxylation sites is 2. The molecule has 2 aromatic carbocycles. The second kappa shape index (κ2) is 7.26. The van der Waals surface area contributed by atoms with E-state index in [2.05, 4.69) is 4.90 Å². The topological polar surface area (TPSA) is 83.3 Å². The number of anilines is 1. The summed E-state index contributed by atoms with van der Waals surface area (Å²) < 4.78 is 11.4. The lowest BCUT2D eigenvalue weighted by atomic mass is 9.84. The van der Waals surface area contributed by atoms with Crippen LogP contribution in [0.1, 0.15) is 21.7 Å². The molecule has 3 aliphatic heterocycles. The molecule has 0 N–H and O–H groups in total. The van der Waals surface area contributed by atoms with Gasteiger partial charge in [0.05, 0.1) is 24.2 Å². The van der Waals surface area contributed by atoms with Crippen molar-refractivity contribution in [1.82, 2.24) is 9.80 Å². The van der Waals surface area contributed by atoms with Crippen molar-refractivity contribution in [1.29, 1.82) is 0 Å². The van der Waals surface area contributed by atoms with Crippen LogP contribution in [-0.4, -0.2) is 68.1 Å². The molecule has 0 aliphatic carbocycles. The van der Waals surface area contributed by atoms with Gasteiger partial charge in [0.15, 0.2) is 11.0 Å². The maximum absolute atomic E-state index is 14.0. The SMILES string of the molecule is CN1C(=O)[C@@]2(c3ccccc31)c1c(oc3ccccc3c1=O)C(=O)N2CCN1CCOCC1. The molecule has 1 spiro atoms. The fourth-order valence-electron chi connectivity index (χ4n) is 5.41. The summed E-state index contributed by atoms with van der Waals surface area (Å²) in [5, 5.41) is 0.360. The Morgan fingerprint density at radius 3 is 2.48 bits per heavy atom. The van der Waals surface area contributed by atoms with Gasteiger partial charge in [-0.1, -0.05) is 30.3 Å². The van der Waals surface area contributed by atoms with Crippen molar-refractivity contribution in [3.63, 3.8) is 0 Å². The van der Waals surface area contributed by atoms with Gasteiger partial charge in [-0.25, -0.2) is 0 Å². The summed E-state index contributed by atoms with van der Waals surface area (Å²) >= 11 is 0. The highest BCUT2D eigenvalue weighted by Gasteiger charge is 2.64. The van der Waals surface area contributed by atoms with Crippen LogP contribution in [0.3, 0.4) is 0 Å². The molecule has 33 heavy (non-hydrogen) atoms. The number of amides is 2. The quantitative estimate of drug-likeness (QED) is 0.612. The average Bonchev–Trinajstić information content (AvgIpc) is 3.23. The molecule has 1 atom stereocenters. The van der Waals surface area contributed by atoms with E-state index in [9.17, 15) is 14.4 Å². The number of carbonyl (C=O) groups excluding carboxylic acids is 2. The Hall–Kier alpha value is -3.49. The van der Waals surface area contributed by atoms with Crippen molar-refractivity contribution in [2.75, 3.05) is 51.3 Å². The van der Waals surface area contributed by atoms with E-state index in [-0.39, 0.29) is 29.2 Å². The van der Waals surface area contributed by atoms with Crippen molar-refractivity contribution < 1.29 is 18.7 Å². The predicted molar refractivity (Wildman–Crippen MR) is 121 cm³/mol. The lowest BCUT2D eigenvalue weighted by molar-refractivity contribution is -0.125. The third-order valence-electron chi connectivity index (χ3n) is 7.02. The molecule has 0 unspecified atom stereocenters. The van der Waals surface area contributed by atoms with E-state index in [0.717, 1.165) is 13.1 Å². The van der Waals surface area contributed by atoms with Gasteiger partial charge < -0.3 is 19.0 Å². The first-order chi connectivity index (χ1) is 16.0. The summed E-state index contributed by atoms with van der Waals surface area (Å²) in [7, 11) is 1.68. The summed E-state index contributed by atoms with van der Waals surface area (Å²) in [6.45, 7) is 3.63. The third kappa shape index (κ3) is 2.62. The first kappa shape index (κ1) is 20.1. The first-order valence-corrected chi connectivity index (χ1v) is 11.1. The van der Waals surface area contributed by atoms with Crippen molar-refractivity contribution in [2.24, 2.45) is 0 Å². The maximum atomic E-state index is 14.0. The minimum Gasteiger partial charge on any atom is -0.450 e.